The average Bonchev–Trinajstić information content (AvgIpc) is 2.97. The van der Waals surface area contributed by atoms with E-state index < -0.39 is 67.7 Å². The number of thiophene rings is 1. The van der Waals surface area contributed by atoms with E-state index in [9.17, 15) is 30.7 Å². The molecule has 4 N–H and O–H groups in total. The molecule has 0 amide bonds. The van der Waals surface area contributed by atoms with Crippen molar-refractivity contribution in [3.8, 4) is 0 Å². The summed E-state index contributed by atoms with van der Waals surface area (Å²) in [6, 6.07) is 3.53. The number of hydrogen-bond acceptors (Lipinski definition) is 2. The summed E-state index contributed by atoms with van der Waals surface area (Å²) in [5.74, 6) is -2.86. The van der Waals surface area contributed by atoms with Gasteiger partial charge < -0.3 is 15.7 Å². The lowest BCUT2D eigenvalue weighted by atomic mass is 9.78. The minimum Gasteiger partial charge on any atom is -0.412 e. The molecule has 3 rings (SSSR count). The van der Waals surface area contributed by atoms with Crippen molar-refractivity contribution in [3.05, 3.63) is 21.9 Å². The van der Waals surface area contributed by atoms with Crippen LogP contribution in [0.15, 0.2) is 12.1 Å². The molecule has 2 aliphatic carbocycles. The van der Waals surface area contributed by atoms with Gasteiger partial charge in [-0.1, -0.05) is 0 Å². The highest BCUT2D eigenvalue weighted by molar-refractivity contribution is 7.12. The topological polar surface area (TPSA) is 72.2 Å². The molecule has 0 saturated heterocycles. The second-order valence-corrected chi connectivity index (χ2v) is 8.74. The zero-order valence-corrected chi connectivity index (χ0v) is 16.4. The Hall–Kier alpha value is -0.910. The maximum atomic E-state index is 14.5. The van der Waals surface area contributed by atoms with Gasteiger partial charge in [0.25, 0.3) is 0 Å². The summed E-state index contributed by atoms with van der Waals surface area (Å²) >= 11 is 1.37. The second kappa shape index (κ2) is 9.93. The fourth-order valence-electron chi connectivity index (χ4n) is 3.97. The Morgan fingerprint density at radius 2 is 1.38 bits per heavy atom. The first-order valence-electron chi connectivity index (χ1n) is 8.90. The predicted molar refractivity (Wildman–Crippen MR) is 95.3 cm³/mol. The van der Waals surface area contributed by atoms with Crippen molar-refractivity contribution in [2.75, 3.05) is 0 Å². The molecule has 1 aromatic heterocycles. The maximum absolute atomic E-state index is 14.5. The first-order valence-corrected chi connectivity index (χ1v) is 9.72. The van der Waals surface area contributed by atoms with Crippen LogP contribution in [0.1, 0.15) is 41.4 Å². The SMILES string of the molecule is Cc1ccc(C2CC(F)C(C(F)(F)OC3CC(F)C(F)C(F)C3)C(F)C2)s1.O.O. The van der Waals surface area contributed by atoms with Gasteiger partial charge >= 0.3 is 6.11 Å². The van der Waals surface area contributed by atoms with Crippen molar-refractivity contribution < 1.29 is 46.4 Å². The van der Waals surface area contributed by atoms with Crippen LogP contribution in [0.3, 0.4) is 0 Å². The van der Waals surface area contributed by atoms with E-state index in [1.54, 1.807) is 12.1 Å². The minimum absolute atomic E-state index is 0. The molecule has 1 heterocycles. The maximum Gasteiger partial charge on any atom is 0.364 e. The molecule has 170 valence electrons. The smallest absolute Gasteiger partial charge is 0.364 e. The van der Waals surface area contributed by atoms with Gasteiger partial charge in [0.15, 0.2) is 6.17 Å². The van der Waals surface area contributed by atoms with Crippen molar-refractivity contribution >= 4 is 11.3 Å². The lowest BCUT2D eigenvalue weighted by Gasteiger charge is -2.40. The second-order valence-electron chi connectivity index (χ2n) is 7.42. The van der Waals surface area contributed by atoms with E-state index in [2.05, 4.69) is 4.74 Å². The highest BCUT2D eigenvalue weighted by Gasteiger charge is 2.56. The number of rotatable bonds is 4. The highest BCUT2D eigenvalue weighted by atomic mass is 32.1. The first-order chi connectivity index (χ1) is 12.6. The molecule has 0 aromatic carbocycles. The molecule has 4 atom stereocenters. The van der Waals surface area contributed by atoms with Gasteiger partial charge in [0.1, 0.15) is 30.6 Å². The van der Waals surface area contributed by atoms with E-state index >= 15 is 0 Å². The van der Waals surface area contributed by atoms with Crippen LogP contribution >= 0.6 is 11.3 Å². The molecular formula is C18H25F7O3S. The number of ether oxygens (including phenoxy) is 1. The number of alkyl halides is 7. The van der Waals surface area contributed by atoms with Crippen molar-refractivity contribution in [1.82, 2.24) is 0 Å². The molecule has 2 saturated carbocycles. The Balaban J connectivity index is 0.00000210. The van der Waals surface area contributed by atoms with Gasteiger partial charge in [0.05, 0.1) is 6.10 Å². The van der Waals surface area contributed by atoms with Crippen LogP contribution in [0.25, 0.3) is 0 Å². The monoisotopic (exact) mass is 454 g/mol. The molecule has 29 heavy (non-hydrogen) atoms. The van der Waals surface area contributed by atoms with Gasteiger partial charge in [0.2, 0.25) is 0 Å². The molecule has 4 unspecified atom stereocenters. The summed E-state index contributed by atoms with van der Waals surface area (Å²) in [5, 5.41) is 0. The van der Waals surface area contributed by atoms with E-state index in [-0.39, 0.29) is 23.8 Å². The van der Waals surface area contributed by atoms with E-state index in [0.29, 0.717) is 0 Å². The lowest BCUT2D eigenvalue weighted by Crippen LogP contribution is -2.51. The van der Waals surface area contributed by atoms with Crippen molar-refractivity contribution in [1.29, 1.82) is 0 Å². The molecule has 0 aliphatic heterocycles. The third kappa shape index (κ3) is 5.62. The summed E-state index contributed by atoms with van der Waals surface area (Å²) in [6.07, 6.45) is -19.3. The molecule has 0 spiro atoms. The highest BCUT2D eigenvalue weighted by Crippen LogP contribution is 2.48. The van der Waals surface area contributed by atoms with E-state index in [0.717, 1.165) is 9.75 Å². The average molecular weight is 454 g/mol. The third-order valence-corrected chi connectivity index (χ3v) is 6.50. The Morgan fingerprint density at radius 1 is 0.862 bits per heavy atom. The van der Waals surface area contributed by atoms with Crippen LogP contribution in [-0.4, -0.2) is 54.0 Å². The summed E-state index contributed by atoms with van der Waals surface area (Å²) in [7, 11) is 0. The fraction of sp³-hybridized carbons (Fsp3) is 0.778. The molecule has 11 heteroatoms. The quantitative estimate of drug-likeness (QED) is 0.623. The Bertz CT molecular complexity index is 623. The van der Waals surface area contributed by atoms with Crippen molar-refractivity contribution in [2.45, 2.75) is 81.6 Å². The van der Waals surface area contributed by atoms with Gasteiger partial charge in [-0.25, -0.2) is 22.0 Å². The van der Waals surface area contributed by atoms with E-state index in [1.165, 1.54) is 11.3 Å². The van der Waals surface area contributed by atoms with Crippen LogP contribution in [0.2, 0.25) is 0 Å². The summed E-state index contributed by atoms with van der Waals surface area (Å²) < 4.78 is 102. The molecular weight excluding hydrogens is 429 g/mol. The van der Waals surface area contributed by atoms with Gasteiger partial charge in [-0.05, 0) is 37.8 Å². The zero-order valence-electron chi connectivity index (χ0n) is 15.6. The van der Waals surface area contributed by atoms with Crippen LogP contribution in [0, 0.1) is 12.8 Å². The third-order valence-electron chi connectivity index (χ3n) is 5.34. The molecule has 2 aliphatic rings. The zero-order chi connectivity index (χ0) is 19.9. The largest absolute Gasteiger partial charge is 0.412 e. The van der Waals surface area contributed by atoms with Crippen molar-refractivity contribution in [2.24, 2.45) is 5.92 Å². The van der Waals surface area contributed by atoms with Crippen LogP contribution < -0.4 is 0 Å². The van der Waals surface area contributed by atoms with E-state index in [4.69, 9.17) is 0 Å². The summed E-state index contributed by atoms with van der Waals surface area (Å²) in [4.78, 5) is 1.69. The standard InChI is InChI=1S/C18H21F7OS.2H2O/c1-8-2-3-15(27-8)9-4-11(19)16(12(20)5-9)18(24,25)26-10-6-13(21)17(23)14(22)7-10;;/h2-3,9-14,16-17H,4-7H2,1H3;2*1H2. The Morgan fingerprint density at radius 3 is 1.83 bits per heavy atom. The van der Waals surface area contributed by atoms with Crippen LogP contribution in [0.5, 0.6) is 0 Å². The van der Waals surface area contributed by atoms with Crippen LogP contribution in [-0.2, 0) is 4.74 Å². The lowest BCUT2D eigenvalue weighted by molar-refractivity contribution is -0.321. The van der Waals surface area contributed by atoms with Gasteiger partial charge in [-0.15, -0.1) is 11.3 Å². The van der Waals surface area contributed by atoms with Crippen LogP contribution in [0.4, 0.5) is 30.7 Å². The summed E-state index contributed by atoms with van der Waals surface area (Å²) in [6.45, 7) is 1.84. The number of hydrogen-bond donors (Lipinski definition) is 0. The predicted octanol–water partition coefficient (Wildman–Crippen LogP) is 4.36. The molecule has 1 aromatic rings. The Kier molecular flexibility index (Phi) is 8.95. The molecule has 0 bridgehead atoms. The van der Waals surface area contributed by atoms with E-state index in [1.807, 2.05) is 6.92 Å². The summed E-state index contributed by atoms with van der Waals surface area (Å²) in [5.41, 5.74) is 0. The van der Waals surface area contributed by atoms with Crippen molar-refractivity contribution in [3.63, 3.8) is 0 Å². The molecule has 3 nitrogen and oxygen atoms in total. The normalized spacial score (nSPS) is 38.1. The van der Waals surface area contributed by atoms with Gasteiger partial charge in [-0.3, -0.25) is 0 Å². The van der Waals surface area contributed by atoms with Gasteiger partial charge in [-0.2, -0.15) is 8.78 Å². The number of aryl methyl sites for hydroxylation is 1. The number of halogens is 7. The molecule has 0 radical (unpaired) electrons. The first kappa shape index (κ1) is 26.1. The van der Waals surface area contributed by atoms with Gasteiger partial charge in [0, 0.05) is 22.6 Å². The Labute approximate surface area is 167 Å². The minimum atomic E-state index is -4.23. The molecule has 2 fully saturated rings. The fourth-order valence-corrected chi connectivity index (χ4v) is 4.97.